The maximum atomic E-state index is 13.1. The number of nitrogens with zero attached hydrogens (tertiary/aromatic N) is 4. The van der Waals surface area contributed by atoms with E-state index in [9.17, 15) is 14.4 Å². The highest BCUT2D eigenvalue weighted by Crippen LogP contribution is 2.33. The summed E-state index contributed by atoms with van der Waals surface area (Å²) in [6, 6.07) is 16.7. The molecule has 0 bridgehead atoms. The second-order valence-corrected chi connectivity index (χ2v) is 7.69. The largest absolute Gasteiger partial charge is 0.311 e. The Balaban J connectivity index is 1.75. The molecular weight excluding hydrogens is 388 g/mol. The van der Waals surface area contributed by atoms with Gasteiger partial charge < -0.3 is 4.90 Å². The van der Waals surface area contributed by atoms with Crippen LogP contribution in [-0.2, 0) is 11.2 Å². The number of rotatable bonds is 2. The molecule has 0 saturated heterocycles. The molecule has 3 heterocycles. The fourth-order valence-corrected chi connectivity index (χ4v) is 4.48. The molecule has 1 aliphatic rings. The number of fused-ring (bicyclic) bond motifs is 2. The number of thiazole rings is 1. The minimum Gasteiger partial charge on any atom is -0.311 e. The van der Waals surface area contributed by atoms with Crippen molar-refractivity contribution < 1.29 is 4.79 Å². The van der Waals surface area contributed by atoms with Gasteiger partial charge in [0.2, 0.25) is 4.96 Å². The van der Waals surface area contributed by atoms with Gasteiger partial charge in [-0.25, -0.2) is 0 Å². The molecule has 7 nitrogen and oxygen atoms in total. The van der Waals surface area contributed by atoms with E-state index in [2.05, 4.69) is 10.1 Å². The van der Waals surface area contributed by atoms with E-state index >= 15 is 0 Å². The van der Waals surface area contributed by atoms with E-state index < -0.39 is 11.1 Å². The molecule has 0 radical (unpaired) electrons. The van der Waals surface area contributed by atoms with Gasteiger partial charge in [-0.15, -0.1) is 0 Å². The van der Waals surface area contributed by atoms with Crippen LogP contribution >= 0.6 is 11.3 Å². The van der Waals surface area contributed by atoms with Crippen molar-refractivity contribution in [2.45, 2.75) is 6.42 Å². The van der Waals surface area contributed by atoms with Crippen LogP contribution in [0, 0.1) is 0 Å². The average molecular weight is 402 g/mol. The Morgan fingerprint density at radius 3 is 2.48 bits per heavy atom. The summed E-state index contributed by atoms with van der Waals surface area (Å²) in [6.45, 7) is 0. The van der Waals surface area contributed by atoms with Gasteiger partial charge in [0, 0.05) is 19.0 Å². The maximum absolute atomic E-state index is 13.1. The molecule has 2 aromatic heterocycles. The zero-order chi connectivity index (χ0) is 20.1. The molecule has 0 atom stereocenters. The highest BCUT2D eigenvalue weighted by molar-refractivity contribution is 7.15. The zero-order valence-electron chi connectivity index (χ0n) is 15.3. The summed E-state index contributed by atoms with van der Waals surface area (Å²) in [4.78, 5) is 44.1. The number of para-hydroxylation sites is 1. The molecule has 1 amide bonds. The summed E-state index contributed by atoms with van der Waals surface area (Å²) in [5, 5.41) is 4.26. The van der Waals surface area contributed by atoms with Gasteiger partial charge in [-0.1, -0.05) is 59.9 Å². The van der Waals surface area contributed by atoms with E-state index in [1.807, 2.05) is 48.5 Å². The summed E-state index contributed by atoms with van der Waals surface area (Å²) >= 11 is 1.01. The molecule has 0 fully saturated rings. The Bertz CT molecular complexity index is 1460. The third-order valence-electron chi connectivity index (χ3n) is 4.92. The molecule has 2 aromatic carbocycles. The van der Waals surface area contributed by atoms with Crippen LogP contribution in [0.1, 0.15) is 16.8 Å². The Labute approximate surface area is 168 Å². The molecule has 29 heavy (non-hydrogen) atoms. The monoisotopic (exact) mass is 402 g/mol. The van der Waals surface area contributed by atoms with Crippen LogP contribution < -0.4 is 20.6 Å². The Morgan fingerprint density at radius 1 is 0.966 bits per heavy atom. The highest BCUT2D eigenvalue weighted by Gasteiger charge is 2.31. The number of carbonyl (C=O) groups excluding carboxylic acids is 1. The van der Waals surface area contributed by atoms with Crippen LogP contribution in [0.5, 0.6) is 0 Å². The minimum atomic E-state index is -0.470. The second kappa shape index (κ2) is 6.46. The van der Waals surface area contributed by atoms with Gasteiger partial charge in [-0.05, 0) is 11.6 Å². The van der Waals surface area contributed by atoms with Gasteiger partial charge >= 0.3 is 0 Å². The lowest BCUT2D eigenvalue weighted by Crippen LogP contribution is -2.32. The molecule has 142 valence electrons. The summed E-state index contributed by atoms with van der Waals surface area (Å²) in [5.74, 6) is -0.262. The van der Waals surface area contributed by atoms with Gasteiger partial charge in [0.15, 0.2) is 0 Å². The Morgan fingerprint density at radius 2 is 1.69 bits per heavy atom. The third-order valence-corrected chi connectivity index (χ3v) is 5.95. The summed E-state index contributed by atoms with van der Waals surface area (Å²) in [6.07, 6.45) is 0.279. The fourth-order valence-electron chi connectivity index (χ4n) is 3.48. The van der Waals surface area contributed by atoms with Gasteiger partial charge in [0.25, 0.3) is 17.0 Å². The summed E-state index contributed by atoms with van der Waals surface area (Å²) in [5.41, 5.74) is 1.93. The van der Waals surface area contributed by atoms with Crippen LogP contribution in [0.4, 0.5) is 5.69 Å². The third kappa shape index (κ3) is 2.68. The maximum Gasteiger partial charge on any atom is 0.296 e. The van der Waals surface area contributed by atoms with E-state index in [1.54, 1.807) is 13.1 Å². The van der Waals surface area contributed by atoms with Crippen molar-refractivity contribution in [2.24, 2.45) is 0 Å². The van der Waals surface area contributed by atoms with Gasteiger partial charge in [0.1, 0.15) is 10.2 Å². The fraction of sp³-hybridized carbons (Fsp3) is 0.0952. The van der Waals surface area contributed by atoms with Gasteiger partial charge in [-0.3, -0.25) is 14.4 Å². The molecule has 4 aromatic rings. The molecule has 8 heteroatoms. The van der Waals surface area contributed by atoms with E-state index in [0.29, 0.717) is 11.1 Å². The first-order valence-corrected chi connectivity index (χ1v) is 9.74. The van der Waals surface area contributed by atoms with Crippen molar-refractivity contribution in [3.05, 3.63) is 96.7 Å². The van der Waals surface area contributed by atoms with Crippen LogP contribution in [0.2, 0.25) is 0 Å². The van der Waals surface area contributed by atoms with Crippen LogP contribution in [0.3, 0.4) is 0 Å². The van der Waals surface area contributed by atoms with Crippen molar-refractivity contribution in [1.29, 1.82) is 0 Å². The van der Waals surface area contributed by atoms with Gasteiger partial charge in [-0.2, -0.15) is 14.6 Å². The molecule has 1 aliphatic heterocycles. The number of carbonyl (C=O) groups is 1. The van der Waals surface area contributed by atoms with Crippen molar-refractivity contribution >= 4 is 33.5 Å². The molecule has 0 spiro atoms. The van der Waals surface area contributed by atoms with Crippen molar-refractivity contribution in [3.63, 3.8) is 0 Å². The molecule has 0 unspecified atom stereocenters. The number of aromatic nitrogens is 3. The van der Waals surface area contributed by atoms with E-state index in [-0.39, 0.29) is 27.5 Å². The topological polar surface area (TPSA) is 84.6 Å². The van der Waals surface area contributed by atoms with Crippen molar-refractivity contribution in [2.75, 3.05) is 11.9 Å². The average Bonchev–Trinajstić information content (AvgIpc) is 3.17. The molecule has 5 rings (SSSR count). The summed E-state index contributed by atoms with van der Waals surface area (Å²) < 4.78 is 1.36. The number of hydrogen-bond acceptors (Lipinski definition) is 6. The number of amides is 1. The SMILES string of the molecule is CN1C(=O)/C(=c2/sc3nc(=O)c(Cc4ccccc4)nn3c2=O)c2ccccc21. The number of anilines is 1. The molecule has 0 N–H and O–H groups in total. The van der Waals surface area contributed by atoms with Crippen LogP contribution in [0.15, 0.2) is 64.2 Å². The first kappa shape index (κ1) is 17.4. The number of hydrogen-bond donors (Lipinski definition) is 0. The summed E-state index contributed by atoms with van der Waals surface area (Å²) in [7, 11) is 1.67. The predicted molar refractivity (Wildman–Crippen MR) is 110 cm³/mol. The molecular formula is C21H14N4O3S. The van der Waals surface area contributed by atoms with E-state index in [0.717, 1.165) is 27.1 Å². The normalized spacial score (nSPS) is 15.2. The first-order valence-electron chi connectivity index (χ1n) is 8.93. The highest BCUT2D eigenvalue weighted by atomic mass is 32.1. The van der Waals surface area contributed by atoms with E-state index in [4.69, 9.17) is 0 Å². The van der Waals surface area contributed by atoms with Gasteiger partial charge in [0.05, 0.1) is 11.3 Å². The minimum absolute atomic E-state index is 0.180. The lowest BCUT2D eigenvalue weighted by molar-refractivity contribution is -0.112. The Hall–Kier alpha value is -3.65. The lowest BCUT2D eigenvalue weighted by Gasteiger charge is -2.07. The second-order valence-electron chi connectivity index (χ2n) is 6.71. The molecule has 0 saturated carbocycles. The lowest BCUT2D eigenvalue weighted by atomic mass is 10.1. The standard InChI is InChI=1S/C21H14N4O3S/c1-24-15-10-6-5-9-13(15)16(19(24)27)17-20(28)25-21(29-17)22-18(26)14(23-25)11-12-7-3-2-4-8-12/h2-10H,11H2,1H3/b17-16+. The van der Waals surface area contributed by atoms with E-state index in [1.165, 1.54) is 4.90 Å². The van der Waals surface area contributed by atoms with Crippen LogP contribution in [0.25, 0.3) is 10.5 Å². The van der Waals surface area contributed by atoms with Crippen molar-refractivity contribution in [1.82, 2.24) is 14.6 Å². The van der Waals surface area contributed by atoms with Crippen LogP contribution in [-0.4, -0.2) is 27.6 Å². The van der Waals surface area contributed by atoms with Crippen molar-refractivity contribution in [3.8, 4) is 0 Å². The number of likely N-dealkylation sites (N-methyl/N-ethyl adjacent to an activating group) is 1. The molecule has 0 aliphatic carbocycles. The first-order chi connectivity index (χ1) is 14.0. The smallest absolute Gasteiger partial charge is 0.296 e. The Kier molecular flexibility index (Phi) is 3.88. The quantitative estimate of drug-likeness (QED) is 0.499. The number of benzene rings is 2. The predicted octanol–water partition coefficient (Wildman–Crippen LogP) is 0.996. The zero-order valence-corrected chi connectivity index (χ0v) is 16.1.